The lowest BCUT2D eigenvalue weighted by Gasteiger charge is -2.15. The van der Waals surface area contributed by atoms with Crippen molar-refractivity contribution in [3.8, 4) is 22.6 Å². The fourth-order valence-corrected chi connectivity index (χ4v) is 2.41. The van der Waals surface area contributed by atoms with Gasteiger partial charge in [0.25, 0.3) is 0 Å². The predicted octanol–water partition coefficient (Wildman–Crippen LogP) is 3.95. The van der Waals surface area contributed by atoms with Gasteiger partial charge in [-0.15, -0.1) is 0 Å². The second-order valence-electron chi connectivity index (χ2n) is 5.19. The fourth-order valence-electron chi connectivity index (χ4n) is 2.41. The van der Waals surface area contributed by atoms with Gasteiger partial charge in [0, 0.05) is 5.56 Å². The van der Waals surface area contributed by atoms with E-state index in [1.54, 1.807) is 14.2 Å². The number of benzene rings is 2. The molecule has 0 aliphatic rings. The Bertz CT molecular complexity index is 647. The maximum atomic E-state index is 10.9. The van der Waals surface area contributed by atoms with Crippen LogP contribution in [0, 0.1) is 0 Å². The zero-order valence-electron chi connectivity index (χ0n) is 13.0. The van der Waals surface area contributed by atoms with Gasteiger partial charge in [-0.2, -0.15) is 0 Å². The first-order chi connectivity index (χ1) is 10.5. The van der Waals surface area contributed by atoms with E-state index in [9.17, 15) is 4.79 Å². The van der Waals surface area contributed by atoms with E-state index in [0.717, 1.165) is 28.2 Å². The Hall–Kier alpha value is -2.49. The lowest BCUT2D eigenvalue weighted by molar-refractivity contribution is -0.137. The van der Waals surface area contributed by atoms with Crippen molar-refractivity contribution in [2.45, 2.75) is 19.3 Å². The minimum absolute atomic E-state index is 0.0552. The zero-order valence-corrected chi connectivity index (χ0v) is 13.0. The van der Waals surface area contributed by atoms with Gasteiger partial charge in [-0.05, 0) is 41.3 Å². The summed E-state index contributed by atoms with van der Waals surface area (Å²) >= 11 is 0. The van der Waals surface area contributed by atoms with E-state index < -0.39 is 5.97 Å². The van der Waals surface area contributed by atoms with E-state index in [4.69, 9.17) is 14.6 Å². The predicted molar refractivity (Wildman–Crippen MR) is 85.6 cm³/mol. The SMILES string of the molecule is COc1ccc(-c2cc(C(C)CC(=O)O)ccc2OC)cc1. The summed E-state index contributed by atoms with van der Waals surface area (Å²) in [6.45, 7) is 1.91. The molecule has 1 N–H and O–H groups in total. The molecule has 0 spiro atoms. The van der Waals surface area contributed by atoms with Gasteiger partial charge in [0.2, 0.25) is 0 Å². The minimum atomic E-state index is -0.797. The van der Waals surface area contributed by atoms with Crippen molar-refractivity contribution in [3.05, 3.63) is 48.0 Å². The smallest absolute Gasteiger partial charge is 0.303 e. The van der Waals surface area contributed by atoms with Gasteiger partial charge in [0.1, 0.15) is 11.5 Å². The van der Waals surface area contributed by atoms with Gasteiger partial charge in [-0.3, -0.25) is 4.79 Å². The highest BCUT2D eigenvalue weighted by Gasteiger charge is 2.14. The van der Waals surface area contributed by atoms with E-state index in [1.165, 1.54) is 0 Å². The van der Waals surface area contributed by atoms with Crippen molar-refractivity contribution in [1.29, 1.82) is 0 Å². The molecule has 0 bridgehead atoms. The van der Waals surface area contributed by atoms with E-state index >= 15 is 0 Å². The maximum absolute atomic E-state index is 10.9. The molecule has 1 atom stereocenters. The summed E-state index contributed by atoms with van der Waals surface area (Å²) in [5, 5.41) is 8.95. The highest BCUT2D eigenvalue weighted by atomic mass is 16.5. The van der Waals surface area contributed by atoms with Crippen molar-refractivity contribution < 1.29 is 19.4 Å². The summed E-state index contributed by atoms with van der Waals surface area (Å²) in [7, 11) is 3.26. The van der Waals surface area contributed by atoms with Crippen LogP contribution in [-0.4, -0.2) is 25.3 Å². The van der Waals surface area contributed by atoms with Gasteiger partial charge in [-0.1, -0.05) is 25.1 Å². The Kier molecular flexibility index (Phi) is 5.04. The molecule has 0 radical (unpaired) electrons. The quantitative estimate of drug-likeness (QED) is 0.877. The number of hydrogen-bond donors (Lipinski definition) is 1. The number of aliphatic carboxylic acids is 1. The van der Waals surface area contributed by atoms with Gasteiger partial charge < -0.3 is 14.6 Å². The van der Waals surface area contributed by atoms with Crippen LogP contribution in [0.25, 0.3) is 11.1 Å². The summed E-state index contributed by atoms with van der Waals surface area (Å²) in [6, 6.07) is 13.5. The molecule has 0 aliphatic carbocycles. The number of hydrogen-bond acceptors (Lipinski definition) is 3. The van der Waals surface area contributed by atoms with E-state index in [2.05, 4.69) is 0 Å². The fraction of sp³-hybridized carbons (Fsp3) is 0.278. The third kappa shape index (κ3) is 3.58. The highest BCUT2D eigenvalue weighted by Crippen LogP contribution is 2.34. The second kappa shape index (κ2) is 6.98. The van der Waals surface area contributed by atoms with Crippen LogP contribution in [0.15, 0.2) is 42.5 Å². The number of carbonyl (C=O) groups is 1. The summed E-state index contributed by atoms with van der Waals surface area (Å²) in [4.78, 5) is 10.9. The highest BCUT2D eigenvalue weighted by molar-refractivity contribution is 5.73. The first kappa shape index (κ1) is 15.9. The molecule has 2 aromatic carbocycles. The van der Waals surface area contributed by atoms with Crippen molar-refractivity contribution in [1.82, 2.24) is 0 Å². The van der Waals surface area contributed by atoms with Crippen LogP contribution in [0.4, 0.5) is 0 Å². The Morgan fingerprint density at radius 3 is 2.32 bits per heavy atom. The summed E-state index contributed by atoms with van der Waals surface area (Å²) in [6.07, 6.45) is 0.106. The molecule has 4 heteroatoms. The monoisotopic (exact) mass is 300 g/mol. The molecule has 0 saturated carbocycles. The topological polar surface area (TPSA) is 55.8 Å². The van der Waals surface area contributed by atoms with Crippen molar-refractivity contribution >= 4 is 5.97 Å². The normalized spacial score (nSPS) is 11.8. The van der Waals surface area contributed by atoms with Gasteiger partial charge >= 0.3 is 5.97 Å². The van der Waals surface area contributed by atoms with Crippen molar-refractivity contribution in [3.63, 3.8) is 0 Å². The van der Waals surface area contributed by atoms with E-state index in [1.807, 2.05) is 49.4 Å². The number of carboxylic acid groups (broad SMARTS) is 1. The molecule has 1 unspecified atom stereocenters. The van der Waals surface area contributed by atoms with Crippen LogP contribution in [0.3, 0.4) is 0 Å². The molecular formula is C18H20O4. The standard InChI is InChI=1S/C18H20O4/c1-12(10-18(19)20)14-6-9-17(22-3)16(11-14)13-4-7-15(21-2)8-5-13/h4-9,11-12H,10H2,1-3H3,(H,19,20). The number of rotatable bonds is 6. The lowest BCUT2D eigenvalue weighted by Crippen LogP contribution is -2.03. The molecule has 0 fully saturated rings. The Morgan fingerprint density at radius 1 is 1.09 bits per heavy atom. The van der Waals surface area contributed by atoms with Crippen LogP contribution in [0.1, 0.15) is 24.8 Å². The summed E-state index contributed by atoms with van der Waals surface area (Å²) in [5.74, 6) is 0.698. The molecule has 116 valence electrons. The number of carboxylic acids is 1. The third-order valence-electron chi connectivity index (χ3n) is 3.67. The average Bonchev–Trinajstić information content (AvgIpc) is 2.53. The lowest BCUT2D eigenvalue weighted by atomic mass is 9.93. The summed E-state index contributed by atoms with van der Waals surface area (Å²) < 4.78 is 10.6. The molecular weight excluding hydrogens is 280 g/mol. The number of methoxy groups -OCH3 is 2. The largest absolute Gasteiger partial charge is 0.497 e. The average molecular weight is 300 g/mol. The summed E-state index contributed by atoms with van der Waals surface area (Å²) in [5.41, 5.74) is 2.93. The molecule has 0 aromatic heterocycles. The van der Waals surface area contributed by atoms with Crippen LogP contribution >= 0.6 is 0 Å². The van der Waals surface area contributed by atoms with Gasteiger partial charge in [0.15, 0.2) is 0 Å². The zero-order chi connectivity index (χ0) is 16.1. The molecule has 2 aromatic rings. The Morgan fingerprint density at radius 2 is 1.77 bits per heavy atom. The Balaban J connectivity index is 2.41. The van der Waals surface area contributed by atoms with Crippen molar-refractivity contribution in [2.75, 3.05) is 14.2 Å². The molecule has 0 saturated heterocycles. The number of ether oxygens (including phenoxy) is 2. The molecule has 0 heterocycles. The first-order valence-corrected chi connectivity index (χ1v) is 7.09. The van der Waals surface area contributed by atoms with E-state index in [-0.39, 0.29) is 12.3 Å². The van der Waals surface area contributed by atoms with Crippen LogP contribution < -0.4 is 9.47 Å². The van der Waals surface area contributed by atoms with Crippen molar-refractivity contribution in [2.24, 2.45) is 0 Å². The molecule has 4 nitrogen and oxygen atoms in total. The van der Waals surface area contributed by atoms with Gasteiger partial charge in [-0.25, -0.2) is 0 Å². The van der Waals surface area contributed by atoms with Crippen LogP contribution in [0.2, 0.25) is 0 Å². The molecule has 2 rings (SSSR count). The first-order valence-electron chi connectivity index (χ1n) is 7.09. The molecule has 22 heavy (non-hydrogen) atoms. The maximum Gasteiger partial charge on any atom is 0.303 e. The molecule has 0 amide bonds. The van der Waals surface area contributed by atoms with Crippen LogP contribution in [-0.2, 0) is 4.79 Å². The third-order valence-corrected chi connectivity index (χ3v) is 3.67. The van der Waals surface area contributed by atoms with Crippen LogP contribution in [0.5, 0.6) is 11.5 Å². The minimum Gasteiger partial charge on any atom is -0.497 e. The Labute approximate surface area is 130 Å². The molecule has 0 aliphatic heterocycles. The second-order valence-corrected chi connectivity index (χ2v) is 5.19. The van der Waals surface area contributed by atoms with E-state index in [0.29, 0.717) is 0 Å². The van der Waals surface area contributed by atoms with Gasteiger partial charge in [0.05, 0.1) is 20.6 Å².